The SMILES string of the molecule is CCc1ccc(NC2CNC(C)(C)C2)cc1. The molecule has 2 rings (SSSR count). The van der Waals surface area contributed by atoms with Crippen molar-refractivity contribution in [2.24, 2.45) is 0 Å². The summed E-state index contributed by atoms with van der Waals surface area (Å²) in [5, 5.41) is 7.11. The number of nitrogens with one attached hydrogen (secondary N) is 2. The summed E-state index contributed by atoms with van der Waals surface area (Å²) >= 11 is 0. The summed E-state index contributed by atoms with van der Waals surface area (Å²) < 4.78 is 0. The van der Waals surface area contributed by atoms with Crippen LogP contribution in [-0.4, -0.2) is 18.1 Å². The van der Waals surface area contributed by atoms with Crippen LogP contribution in [0.25, 0.3) is 0 Å². The van der Waals surface area contributed by atoms with Crippen molar-refractivity contribution in [2.75, 3.05) is 11.9 Å². The molecular weight excluding hydrogens is 196 g/mol. The molecule has 0 aliphatic carbocycles. The third-order valence-electron chi connectivity index (χ3n) is 3.32. The van der Waals surface area contributed by atoms with Gasteiger partial charge in [0.25, 0.3) is 0 Å². The van der Waals surface area contributed by atoms with Crippen molar-refractivity contribution in [3.8, 4) is 0 Å². The second-order valence-corrected chi connectivity index (χ2v) is 5.36. The molecule has 1 aromatic rings. The Morgan fingerprint density at radius 3 is 2.50 bits per heavy atom. The Bertz CT molecular complexity index is 340. The van der Waals surface area contributed by atoms with Crippen molar-refractivity contribution >= 4 is 5.69 Å². The van der Waals surface area contributed by atoms with Crippen molar-refractivity contribution in [3.63, 3.8) is 0 Å². The normalized spacial score (nSPS) is 23.3. The first-order valence-electron chi connectivity index (χ1n) is 6.19. The zero-order valence-electron chi connectivity index (χ0n) is 10.5. The fourth-order valence-corrected chi connectivity index (χ4v) is 2.33. The average Bonchev–Trinajstić information content (AvgIpc) is 2.59. The molecule has 1 aliphatic rings. The van der Waals surface area contributed by atoms with Crippen LogP contribution < -0.4 is 10.6 Å². The molecule has 0 radical (unpaired) electrons. The van der Waals surface area contributed by atoms with E-state index < -0.39 is 0 Å². The number of hydrogen-bond donors (Lipinski definition) is 2. The molecule has 1 fully saturated rings. The first-order valence-corrected chi connectivity index (χ1v) is 6.19. The van der Waals surface area contributed by atoms with Crippen molar-refractivity contribution in [1.29, 1.82) is 0 Å². The summed E-state index contributed by atoms with van der Waals surface area (Å²) in [6, 6.07) is 9.34. The van der Waals surface area contributed by atoms with Gasteiger partial charge in [0.1, 0.15) is 0 Å². The van der Waals surface area contributed by atoms with Gasteiger partial charge >= 0.3 is 0 Å². The summed E-state index contributed by atoms with van der Waals surface area (Å²) in [4.78, 5) is 0. The highest BCUT2D eigenvalue weighted by atomic mass is 15.1. The summed E-state index contributed by atoms with van der Waals surface area (Å²) in [7, 11) is 0. The Kier molecular flexibility index (Phi) is 3.20. The molecule has 1 saturated heterocycles. The maximum atomic E-state index is 3.59. The molecule has 1 heterocycles. The highest BCUT2D eigenvalue weighted by Gasteiger charge is 2.29. The van der Waals surface area contributed by atoms with E-state index >= 15 is 0 Å². The standard InChI is InChI=1S/C14H22N2/c1-4-11-5-7-12(8-6-11)16-13-9-14(2,3)15-10-13/h5-8,13,15-16H,4,9-10H2,1-3H3. The van der Waals surface area contributed by atoms with Gasteiger partial charge in [-0.1, -0.05) is 19.1 Å². The number of hydrogen-bond acceptors (Lipinski definition) is 2. The van der Waals surface area contributed by atoms with E-state index in [1.54, 1.807) is 0 Å². The lowest BCUT2D eigenvalue weighted by Gasteiger charge is -2.18. The minimum Gasteiger partial charge on any atom is -0.381 e. The van der Waals surface area contributed by atoms with Gasteiger partial charge in [-0.25, -0.2) is 0 Å². The second-order valence-electron chi connectivity index (χ2n) is 5.36. The van der Waals surface area contributed by atoms with Gasteiger partial charge in [-0.05, 0) is 44.4 Å². The molecule has 1 aromatic carbocycles. The third-order valence-corrected chi connectivity index (χ3v) is 3.32. The van der Waals surface area contributed by atoms with Crippen molar-refractivity contribution in [2.45, 2.75) is 45.2 Å². The summed E-state index contributed by atoms with van der Waals surface area (Å²) in [5.41, 5.74) is 2.92. The Balaban J connectivity index is 1.94. The predicted octanol–water partition coefficient (Wildman–Crippen LogP) is 2.80. The zero-order valence-corrected chi connectivity index (χ0v) is 10.5. The molecule has 2 heteroatoms. The van der Waals surface area contributed by atoms with Gasteiger partial charge in [-0.2, -0.15) is 0 Å². The van der Waals surface area contributed by atoms with Gasteiger partial charge in [0.15, 0.2) is 0 Å². The highest BCUT2D eigenvalue weighted by molar-refractivity contribution is 5.45. The molecule has 16 heavy (non-hydrogen) atoms. The molecule has 2 nitrogen and oxygen atoms in total. The lowest BCUT2D eigenvalue weighted by Crippen LogP contribution is -2.31. The molecular formula is C14H22N2. The van der Waals surface area contributed by atoms with E-state index in [4.69, 9.17) is 0 Å². The second kappa shape index (κ2) is 4.46. The Morgan fingerprint density at radius 1 is 1.31 bits per heavy atom. The maximum absolute atomic E-state index is 3.59. The molecule has 0 aromatic heterocycles. The predicted molar refractivity (Wildman–Crippen MR) is 69.9 cm³/mol. The van der Waals surface area contributed by atoms with Crippen LogP contribution in [-0.2, 0) is 6.42 Å². The van der Waals surface area contributed by atoms with Crippen molar-refractivity contribution in [1.82, 2.24) is 5.32 Å². The van der Waals surface area contributed by atoms with Crippen molar-refractivity contribution in [3.05, 3.63) is 29.8 Å². The summed E-state index contributed by atoms with van der Waals surface area (Å²) in [5.74, 6) is 0. The van der Waals surface area contributed by atoms with Gasteiger partial charge in [-0.3, -0.25) is 0 Å². The smallest absolute Gasteiger partial charge is 0.0403 e. The lowest BCUT2D eigenvalue weighted by atomic mass is 10.0. The van der Waals surface area contributed by atoms with Gasteiger partial charge in [0.2, 0.25) is 0 Å². The number of rotatable bonds is 3. The molecule has 0 bridgehead atoms. The summed E-state index contributed by atoms with van der Waals surface area (Å²) in [6.45, 7) is 7.76. The Morgan fingerprint density at radius 2 is 2.00 bits per heavy atom. The monoisotopic (exact) mass is 218 g/mol. The zero-order chi connectivity index (χ0) is 11.6. The molecule has 0 saturated carbocycles. The van der Waals surface area contributed by atoms with Crippen molar-refractivity contribution < 1.29 is 0 Å². The first kappa shape index (κ1) is 11.5. The van der Waals surface area contributed by atoms with E-state index in [1.807, 2.05) is 0 Å². The minimum absolute atomic E-state index is 0.279. The van der Waals surface area contributed by atoms with Crippen LogP contribution in [0.2, 0.25) is 0 Å². The molecule has 0 amide bonds. The van der Waals surface area contributed by atoms with Crippen LogP contribution in [0.5, 0.6) is 0 Å². The molecule has 88 valence electrons. The Hall–Kier alpha value is -1.02. The number of aryl methyl sites for hydroxylation is 1. The van der Waals surface area contributed by atoms with Crippen LogP contribution in [0.4, 0.5) is 5.69 Å². The molecule has 2 N–H and O–H groups in total. The quantitative estimate of drug-likeness (QED) is 0.815. The third kappa shape index (κ3) is 2.76. The van der Waals surface area contributed by atoms with Gasteiger partial charge in [0.05, 0.1) is 0 Å². The van der Waals surface area contributed by atoms with Crippen LogP contribution in [0, 0.1) is 0 Å². The molecule has 1 atom stereocenters. The average molecular weight is 218 g/mol. The van der Waals surface area contributed by atoms with E-state index in [0.29, 0.717) is 6.04 Å². The van der Waals surface area contributed by atoms with Crippen LogP contribution in [0.1, 0.15) is 32.8 Å². The fraction of sp³-hybridized carbons (Fsp3) is 0.571. The fourth-order valence-electron chi connectivity index (χ4n) is 2.33. The van der Waals surface area contributed by atoms with E-state index in [1.165, 1.54) is 17.7 Å². The highest BCUT2D eigenvalue weighted by Crippen LogP contribution is 2.21. The van der Waals surface area contributed by atoms with Gasteiger partial charge < -0.3 is 10.6 Å². The van der Waals surface area contributed by atoms with Gasteiger partial charge in [-0.15, -0.1) is 0 Å². The molecule has 1 unspecified atom stereocenters. The topological polar surface area (TPSA) is 24.1 Å². The maximum Gasteiger partial charge on any atom is 0.0403 e. The molecule has 1 aliphatic heterocycles. The number of anilines is 1. The van der Waals surface area contributed by atoms with E-state index in [-0.39, 0.29) is 5.54 Å². The van der Waals surface area contributed by atoms with E-state index in [9.17, 15) is 0 Å². The largest absolute Gasteiger partial charge is 0.381 e. The number of benzene rings is 1. The van der Waals surface area contributed by atoms with E-state index in [0.717, 1.165) is 13.0 Å². The van der Waals surface area contributed by atoms with E-state index in [2.05, 4.69) is 55.7 Å². The van der Waals surface area contributed by atoms with Gasteiger partial charge in [0, 0.05) is 23.8 Å². The summed E-state index contributed by atoms with van der Waals surface area (Å²) in [6.07, 6.45) is 2.29. The Labute approximate surface area is 98.4 Å². The van der Waals surface area contributed by atoms with Crippen LogP contribution in [0.15, 0.2) is 24.3 Å². The molecule has 0 spiro atoms. The van der Waals surface area contributed by atoms with Crippen LogP contribution >= 0.6 is 0 Å². The lowest BCUT2D eigenvalue weighted by molar-refractivity contribution is 0.457. The van der Waals surface area contributed by atoms with Crippen LogP contribution in [0.3, 0.4) is 0 Å². The minimum atomic E-state index is 0.279. The first-order chi connectivity index (χ1) is 7.59.